The highest BCUT2D eigenvalue weighted by molar-refractivity contribution is 7.98. The van der Waals surface area contributed by atoms with E-state index in [0.29, 0.717) is 5.75 Å². The fourth-order valence-corrected chi connectivity index (χ4v) is 2.82. The van der Waals surface area contributed by atoms with Gasteiger partial charge in [0.25, 0.3) is 0 Å². The predicted octanol–water partition coefficient (Wildman–Crippen LogP) is 2.07. The molecule has 1 heterocycles. The Morgan fingerprint density at radius 1 is 1.42 bits per heavy atom. The van der Waals surface area contributed by atoms with Crippen molar-refractivity contribution in [1.29, 1.82) is 0 Å². The summed E-state index contributed by atoms with van der Waals surface area (Å²) < 4.78 is 3.84. The van der Waals surface area contributed by atoms with Crippen LogP contribution in [0.3, 0.4) is 0 Å². The molecule has 8 heteroatoms. The first kappa shape index (κ1) is 13.8. The maximum Gasteiger partial charge on any atom is 0.221 e. The molecule has 0 fully saturated rings. The first-order valence-corrected chi connectivity index (χ1v) is 7.23. The van der Waals surface area contributed by atoms with Crippen molar-refractivity contribution in [2.45, 2.75) is 17.6 Å². The first-order valence-electron chi connectivity index (χ1n) is 5.47. The number of nitrogens with zero attached hydrogens (tertiary/aromatic N) is 2. The number of carbonyl (C=O) groups is 1. The number of carbonyl (C=O) groups excluding carboxylic acids is 1. The van der Waals surface area contributed by atoms with E-state index in [-0.39, 0.29) is 5.91 Å². The smallest absolute Gasteiger partial charge is 0.221 e. The normalized spacial score (nSPS) is 10.2. The molecule has 0 aliphatic heterocycles. The molecule has 0 aliphatic carbocycles. The van der Waals surface area contributed by atoms with Gasteiger partial charge in [-0.2, -0.15) is 0 Å². The highest BCUT2D eigenvalue weighted by atomic mass is 32.2. The Morgan fingerprint density at radius 2 is 2.16 bits per heavy atom. The number of hydrogen-bond donors (Lipinski definition) is 3. The molecular formula is C11H13N5OS2. The van der Waals surface area contributed by atoms with Crippen molar-refractivity contribution in [2.75, 3.05) is 10.7 Å². The highest BCUT2D eigenvalue weighted by Crippen LogP contribution is 2.27. The number of rotatable bonds is 5. The van der Waals surface area contributed by atoms with Gasteiger partial charge in [0, 0.05) is 34.8 Å². The summed E-state index contributed by atoms with van der Waals surface area (Å²) in [6.45, 7) is 1.49. The number of aromatic nitrogens is 2. The number of nitrogens with one attached hydrogen (secondary N) is 2. The van der Waals surface area contributed by atoms with Gasteiger partial charge in [-0.25, -0.2) is 5.84 Å². The highest BCUT2D eigenvalue weighted by Gasteiger charge is 2.07. The third-order valence-corrected chi connectivity index (χ3v) is 3.96. The van der Waals surface area contributed by atoms with Crippen molar-refractivity contribution in [3.8, 4) is 0 Å². The Balaban J connectivity index is 1.94. The molecule has 2 rings (SSSR count). The van der Waals surface area contributed by atoms with E-state index in [2.05, 4.69) is 20.3 Å². The molecule has 1 aromatic carbocycles. The summed E-state index contributed by atoms with van der Waals surface area (Å²) in [5.74, 6) is 5.97. The van der Waals surface area contributed by atoms with E-state index in [0.717, 1.165) is 21.3 Å². The molecule has 0 bridgehead atoms. The van der Waals surface area contributed by atoms with Crippen molar-refractivity contribution in [2.24, 2.45) is 5.84 Å². The van der Waals surface area contributed by atoms with Gasteiger partial charge in [0.1, 0.15) is 10.7 Å². The van der Waals surface area contributed by atoms with Crippen LogP contribution in [0.1, 0.15) is 12.6 Å². The van der Waals surface area contributed by atoms with E-state index in [9.17, 15) is 4.79 Å². The van der Waals surface area contributed by atoms with Crippen LogP contribution in [0.2, 0.25) is 0 Å². The lowest BCUT2D eigenvalue weighted by Gasteiger charge is -2.04. The van der Waals surface area contributed by atoms with E-state index in [1.165, 1.54) is 18.5 Å². The van der Waals surface area contributed by atoms with Crippen LogP contribution in [-0.4, -0.2) is 15.5 Å². The lowest BCUT2D eigenvalue weighted by molar-refractivity contribution is -0.114. The zero-order valence-electron chi connectivity index (χ0n) is 10.2. The number of anilines is 2. The summed E-state index contributed by atoms with van der Waals surface area (Å²) in [6, 6.07) is 7.63. The Morgan fingerprint density at radius 3 is 2.79 bits per heavy atom. The second-order valence-electron chi connectivity index (χ2n) is 3.69. The zero-order chi connectivity index (χ0) is 13.7. The maximum atomic E-state index is 10.9. The van der Waals surface area contributed by atoms with Crippen LogP contribution in [0, 0.1) is 0 Å². The minimum Gasteiger partial charge on any atom is -0.326 e. The molecule has 0 saturated heterocycles. The quantitative estimate of drug-likeness (QED) is 0.444. The number of hydrogen-bond acceptors (Lipinski definition) is 7. The van der Waals surface area contributed by atoms with Gasteiger partial charge in [-0.15, -0.1) is 16.9 Å². The van der Waals surface area contributed by atoms with E-state index in [1.807, 2.05) is 24.3 Å². The summed E-state index contributed by atoms with van der Waals surface area (Å²) in [6.07, 6.45) is 0. The Labute approximate surface area is 118 Å². The summed E-state index contributed by atoms with van der Waals surface area (Å²) in [4.78, 5) is 12.0. The molecule has 0 aliphatic rings. The molecule has 0 radical (unpaired) electrons. The lowest BCUT2D eigenvalue weighted by atomic mass is 10.3. The Hall–Kier alpha value is -1.64. The topological polar surface area (TPSA) is 92.9 Å². The van der Waals surface area contributed by atoms with Gasteiger partial charge in [-0.05, 0) is 24.3 Å². The summed E-state index contributed by atoms with van der Waals surface area (Å²) in [5.41, 5.74) is 4.20. The van der Waals surface area contributed by atoms with Gasteiger partial charge in [0.05, 0.1) is 0 Å². The van der Waals surface area contributed by atoms with Crippen molar-refractivity contribution >= 4 is 39.9 Å². The van der Waals surface area contributed by atoms with Gasteiger partial charge < -0.3 is 10.7 Å². The zero-order valence-corrected chi connectivity index (χ0v) is 11.8. The second kappa shape index (κ2) is 6.50. The third-order valence-electron chi connectivity index (χ3n) is 2.24. The van der Waals surface area contributed by atoms with Gasteiger partial charge >= 0.3 is 0 Å². The van der Waals surface area contributed by atoms with Crippen molar-refractivity contribution in [3.63, 3.8) is 0 Å². The summed E-state index contributed by atoms with van der Waals surface area (Å²) in [5, 5.41) is 7.51. The Kier molecular flexibility index (Phi) is 4.72. The van der Waals surface area contributed by atoms with Crippen LogP contribution >= 0.6 is 23.3 Å². The molecule has 1 amide bonds. The molecular weight excluding hydrogens is 282 g/mol. The van der Waals surface area contributed by atoms with Gasteiger partial charge in [-0.1, -0.05) is 4.49 Å². The fourth-order valence-electron chi connectivity index (χ4n) is 1.40. The van der Waals surface area contributed by atoms with E-state index in [4.69, 9.17) is 5.84 Å². The third kappa shape index (κ3) is 3.91. The van der Waals surface area contributed by atoms with Crippen molar-refractivity contribution in [1.82, 2.24) is 9.59 Å². The molecule has 4 N–H and O–H groups in total. The fraction of sp³-hybridized carbons (Fsp3) is 0.182. The standard InChI is InChI=1S/C11H13N5OS2/c1-7(17)13-8-2-4-9(5-3-8)18-6-10-11(14-12)19-16-15-10/h2-5,14H,6,12H2,1H3,(H,13,17). The molecule has 0 saturated carbocycles. The SMILES string of the molecule is CC(=O)Nc1ccc(SCc2nnsc2NN)cc1. The molecule has 0 unspecified atom stereocenters. The van der Waals surface area contributed by atoms with Crippen LogP contribution in [0.15, 0.2) is 29.2 Å². The van der Waals surface area contributed by atoms with E-state index in [1.54, 1.807) is 11.8 Å². The van der Waals surface area contributed by atoms with Crippen LogP contribution in [0.5, 0.6) is 0 Å². The van der Waals surface area contributed by atoms with E-state index < -0.39 is 0 Å². The number of nitrogens with two attached hydrogens (primary N) is 1. The molecule has 2 aromatic rings. The number of benzene rings is 1. The molecule has 6 nitrogen and oxygen atoms in total. The van der Waals surface area contributed by atoms with Crippen LogP contribution in [0.25, 0.3) is 0 Å². The van der Waals surface area contributed by atoms with Gasteiger partial charge in [-0.3, -0.25) is 4.79 Å². The van der Waals surface area contributed by atoms with Crippen molar-refractivity contribution in [3.05, 3.63) is 30.0 Å². The monoisotopic (exact) mass is 295 g/mol. The van der Waals surface area contributed by atoms with Crippen LogP contribution in [-0.2, 0) is 10.5 Å². The molecule has 0 spiro atoms. The van der Waals surface area contributed by atoms with E-state index >= 15 is 0 Å². The Bertz CT molecular complexity index is 554. The van der Waals surface area contributed by atoms with Crippen LogP contribution < -0.4 is 16.6 Å². The molecule has 1 aromatic heterocycles. The van der Waals surface area contributed by atoms with Gasteiger partial charge in [0.15, 0.2) is 0 Å². The van der Waals surface area contributed by atoms with Crippen molar-refractivity contribution < 1.29 is 4.79 Å². The molecule has 0 atom stereocenters. The number of thioether (sulfide) groups is 1. The maximum absolute atomic E-state index is 10.9. The minimum atomic E-state index is -0.0763. The first-order chi connectivity index (χ1) is 9.19. The largest absolute Gasteiger partial charge is 0.326 e. The average Bonchev–Trinajstić information content (AvgIpc) is 2.84. The van der Waals surface area contributed by atoms with Crippen LogP contribution in [0.4, 0.5) is 10.7 Å². The molecule has 19 heavy (non-hydrogen) atoms. The molecule has 100 valence electrons. The minimum absolute atomic E-state index is 0.0763. The van der Waals surface area contributed by atoms with Gasteiger partial charge in [0.2, 0.25) is 5.91 Å². The average molecular weight is 295 g/mol. The lowest BCUT2D eigenvalue weighted by Crippen LogP contribution is -2.06. The number of amides is 1. The number of nitrogen functional groups attached to an aromatic ring is 1. The summed E-state index contributed by atoms with van der Waals surface area (Å²) in [7, 11) is 0. The second-order valence-corrected chi connectivity index (χ2v) is 5.49. The predicted molar refractivity (Wildman–Crippen MR) is 78.0 cm³/mol. The summed E-state index contributed by atoms with van der Waals surface area (Å²) >= 11 is 2.87. The number of hydrazine groups is 1.